The summed E-state index contributed by atoms with van der Waals surface area (Å²) in [5.74, 6) is 0.179. The highest BCUT2D eigenvalue weighted by molar-refractivity contribution is 7.80. The third kappa shape index (κ3) is 3.63. The Morgan fingerprint density at radius 2 is 1.71 bits per heavy atom. The van der Waals surface area contributed by atoms with E-state index in [4.69, 9.17) is 23.8 Å². The Balaban J connectivity index is 1.72. The molecule has 2 aromatic carbocycles. The van der Waals surface area contributed by atoms with Gasteiger partial charge in [-0.05, 0) is 86.6 Å². The number of pyridine rings is 1. The van der Waals surface area contributed by atoms with Crippen molar-refractivity contribution in [1.82, 2.24) is 14.9 Å². The first-order valence-corrected chi connectivity index (χ1v) is 11.9. The van der Waals surface area contributed by atoms with Crippen LogP contribution in [0.2, 0.25) is 5.02 Å². The molecule has 2 N–H and O–H groups in total. The Morgan fingerprint density at radius 3 is 2.44 bits per heavy atom. The van der Waals surface area contributed by atoms with Crippen LogP contribution in [0.4, 0.5) is 5.69 Å². The Labute approximate surface area is 209 Å². The minimum atomic E-state index is -0.213. The molecule has 3 heterocycles. The standard InChI is InChI=1S/C27H25ClN4OS/c1-16-15-19(18(3)31(16)22-12-8-9-20(28)17(22)2)26-25(21-10-6-7-14-29-21)30-27(34)32(26)23-11-4-5-13-24(23)33/h4-15,25-26,33H,1-3H3,(H,30,34)/t25-,26-/m1/s1. The summed E-state index contributed by atoms with van der Waals surface area (Å²) >= 11 is 12.3. The maximum absolute atomic E-state index is 10.7. The fourth-order valence-electron chi connectivity index (χ4n) is 4.89. The predicted molar refractivity (Wildman–Crippen MR) is 141 cm³/mol. The quantitative estimate of drug-likeness (QED) is 0.328. The molecule has 0 aliphatic carbocycles. The molecule has 4 aromatic rings. The first-order chi connectivity index (χ1) is 16.4. The summed E-state index contributed by atoms with van der Waals surface area (Å²) in [5.41, 5.74) is 6.89. The van der Waals surface area contributed by atoms with E-state index < -0.39 is 0 Å². The SMILES string of the molecule is Cc1c(Cl)cccc1-n1c(C)cc([C@@H]2[C@@H](c3ccccn3)NC(=S)N2c2ccccc2O)c1C. The van der Waals surface area contributed by atoms with E-state index in [1.54, 1.807) is 12.3 Å². The molecule has 0 saturated carbocycles. The number of halogens is 1. The molecule has 172 valence electrons. The Hall–Kier alpha value is -3.35. The second-order valence-electron chi connectivity index (χ2n) is 8.53. The molecule has 0 amide bonds. The number of benzene rings is 2. The topological polar surface area (TPSA) is 53.3 Å². The van der Waals surface area contributed by atoms with Gasteiger partial charge in [0.15, 0.2) is 5.11 Å². The van der Waals surface area contributed by atoms with Crippen LogP contribution in [0.15, 0.2) is 72.9 Å². The van der Waals surface area contributed by atoms with E-state index in [1.165, 1.54) is 0 Å². The Bertz CT molecular complexity index is 1380. The van der Waals surface area contributed by atoms with Gasteiger partial charge in [-0.2, -0.15) is 0 Å². The van der Waals surface area contributed by atoms with Gasteiger partial charge in [0.05, 0.1) is 23.5 Å². The first kappa shape index (κ1) is 22.4. The molecule has 1 fully saturated rings. The van der Waals surface area contributed by atoms with Crippen LogP contribution in [0, 0.1) is 20.8 Å². The van der Waals surface area contributed by atoms with Crippen LogP contribution < -0.4 is 10.2 Å². The Morgan fingerprint density at radius 1 is 0.971 bits per heavy atom. The number of rotatable bonds is 4. The molecule has 1 aliphatic rings. The second-order valence-corrected chi connectivity index (χ2v) is 9.33. The third-order valence-corrected chi connectivity index (χ3v) is 7.23. The fraction of sp³-hybridized carbons (Fsp3) is 0.185. The van der Waals surface area contributed by atoms with Gasteiger partial charge in [-0.3, -0.25) is 4.98 Å². The zero-order valence-corrected chi connectivity index (χ0v) is 20.7. The normalized spacial score (nSPS) is 17.8. The number of aryl methyl sites for hydroxylation is 1. The largest absolute Gasteiger partial charge is 0.506 e. The van der Waals surface area contributed by atoms with Gasteiger partial charge in [0.1, 0.15) is 5.75 Å². The highest BCUT2D eigenvalue weighted by Crippen LogP contribution is 2.46. The number of anilines is 1. The van der Waals surface area contributed by atoms with Crippen molar-refractivity contribution in [3.8, 4) is 11.4 Å². The molecule has 1 saturated heterocycles. The van der Waals surface area contributed by atoms with Gasteiger partial charge in [0, 0.05) is 28.3 Å². The molecule has 34 heavy (non-hydrogen) atoms. The van der Waals surface area contributed by atoms with E-state index in [0.717, 1.165) is 38.9 Å². The van der Waals surface area contributed by atoms with Crippen LogP contribution in [0.1, 0.15) is 40.3 Å². The predicted octanol–water partition coefficient (Wildman–Crippen LogP) is 6.33. The zero-order valence-electron chi connectivity index (χ0n) is 19.2. The number of thiocarbonyl (C=S) groups is 1. The van der Waals surface area contributed by atoms with Gasteiger partial charge in [-0.1, -0.05) is 35.9 Å². The molecule has 2 aromatic heterocycles. The van der Waals surface area contributed by atoms with Crippen LogP contribution in [0.3, 0.4) is 0 Å². The summed E-state index contributed by atoms with van der Waals surface area (Å²) in [7, 11) is 0. The van der Waals surface area contributed by atoms with Crippen LogP contribution >= 0.6 is 23.8 Å². The Kier molecular flexibility index (Phi) is 5.80. The molecule has 0 radical (unpaired) electrons. The van der Waals surface area contributed by atoms with Crippen molar-refractivity contribution < 1.29 is 5.11 Å². The lowest BCUT2D eigenvalue weighted by Crippen LogP contribution is -2.29. The van der Waals surface area contributed by atoms with E-state index in [2.05, 4.69) is 40.8 Å². The molecule has 0 unspecified atom stereocenters. The van der Waals surface area contributed by atoms with Crippen molar-refractivity contribution in [3.05, 3.63) is 106 Å². The van der Waals surface area contributed by atoms with Crippen molar-refractivity contribution in [2.24, 2.45) is 0 Å². The molecule has 5 nitrogen and oxygen atoms in total. The number of aromatic nitrogens is 2. The monoisotopic (exact) mass is 488 g/mol. The van der Waals surface area contributed by atoms with Gasteiger partial charge in [-0.25, -0.2) is 0 Å². The molecule has 5 rings (SSSR count). The number of para-hydroxylation sites is 2. The number of hydrogen-bond acceptors (Lipinski definition) is 3. The number of hydrogen-bond donors (Lipinski definition) is 2. The van der Waals surface area contributed by atoms with Crippen molar-refractivity contribution in [2.75, 3.05) is 4.90 Å². The fourth-order valence-corrected chi connectivity index (χ4v) is 5.40. The van der Waals surface area contributed by atoms with Crippen molar-refractivity contribution in [2.45, 2.75) is 32.9 Å². The molecule has 7 heteroatoms. The number of aromatic hydroxyl groups is 1. The van der Waals surface area contributed by atoms with E-state index >= 15 is 0 Å². The van der Waals surface area contributed by atoms with Crippen LogP contribution in [0.5, 0.6) is 5.75 Å². The molecule has 0 bridgehead atoms. The second kappa shape index (κ2) is 8.78. The molecule has 0 spiro atoms. The van der Waals surface area contributed by atoms with E-state index in [0.29, 0.717) is 10.8 Å². The average molecular weight is 489 g/mol. The van der Waals surface area contributed by atoms with E-state index in [1.807, 2.05) is 60.4 Å². The molecular weight excluding hydrogens is 464 g/mol. The summed E-state index contributed by atoms with van der Waals surface area (Å²) in [5, 5.41) is 15.5. The van der Waals surface area contributed by atoms with Gasteiger partial charge >= 0.3 is 0 Å². The van der Waals surface area contributed by atoms with Crippen LogP contribution in [-0.2, 0) is 0 Å². The maximum atomic E-state index is 10.7. The highest BCUT2D eigenvalue weighted by atomic mass is 35.5. The smallest absolute Gasteiger partial charge is 0.174 e. The summed E-state index contributed by atoms with van der Waals surface area (Å²) < 4.78 is 2.23. The van der Waals surface area contributed by atoms with Crippen LogP contribution in [0.25, 0.3) is 5.69 Å². The summed E-state index contributed by atoms with van der Waals surface area (Å²) in [4.78, 5) is 6.63. The molecule has 2 atom stereocenters. The lowest BCUT2D eigenvalue weighted by molar-refractivity contribution is 0.472. The van der Waals surface area contributed by atoms with Crippen molar-refractivity contribution in [3.63, 3.8) is 0 Å². The minimum Gasteiger partial charge on any atom is -0.506 e. The van der Waals surface area contributed by atoms with Gasteiger partial charge in [0.25, 0.3) is 0 Å². The van der Waals surface area contributed by atoms with E-state index in [9.17, 15) is 5.11 Å². The van der Waals surface area contributed by atoms with E-state index in [-0.39, 0.29) is 17.8 Å². The number of nitrogens with one attached hydrogen (secondary N) is 1. The average Bonchev–Trinajstić information content (AvgIpc) is 3.32. The first-order valence-electron chi connectivity index (χ1n) is 11.1. The number of phenols is 1. The molecule has 1 aliphatic heterocycles. The summed E-state index contributed by atoms with van der Waals surface area (Å²) in [6, 6.07) is 20.9. The third-order valence-electron chi connectivity index (χ3n) is 6.51. The number of phenolic OH excluding ortho intramolecular Hbond substituents is 1. The lowest BCUT2D eigenvalue weighted by Gasteiger charge is -2.28. The summed E-state index contributed by atoms with van der Waals surface area (Å²) in [6.07, 6.45) is 1.79. The van der Waals surface area contributed by atoms with Gasteiger partial charge < -0.3 is 19.9 Å². The zero-order chi connectivity index (χ0) is 24.0. The maximum Gasteiger partial charge on any atom is 0.174 e. The highest BCUT2D eigenvalue weighted by Gasteiger charge is 2.43. The number of nitrogens with zero attached hydrogens (tertiary/aromatic N) is 3. The van der Waals surface area contributed by atoms with Gasteiger partial charge in [0.2, 0.25) is 0 Å². The lowest BCUT2D eigenvalue weighted by atomic mass is 9.96. The van der Waals surface area contributed by atoms with Crippen LogP contribution in [-0.4, -0.2) is 19.8 Å². The molecular formula is C27H25ClN4OS. The summed E-state index contributed by atoms with van der Waals surface area (Å²) in [6.45, 7) is 6.24. The van der Waals surface area contributed by atoms with Crippen molar-refractivity contribution >= 4 is 34.6 Å². The van der Waals surface area contributed by atoms with Gasteiger partial charge in [-0.15, -0.1) is 0 Å². The minimum absolute atomic E-state index is 0.179. The van der Waals surface area contributed by atoms with Crippen molar-refractivity contribution in [1.29, 1.82) is 0 Å².